The molecule has 0 aliphatic carbocycles. The van der Waals surface area contributed by atoms with Crippen LogP contribution in [-0.2, 0) is 4.57 Å². The molecule has 0 saturated carbocycles. The molecule has 0 radical (unpaired) electrons. The highest BCUT2D eigenvalue weighted by Crippen LogP contribution is 2.49. The number of nitrogens with zero attached hydrogens (tertiary/aromatic N) is 1. The minimum absolute atomic E-state index is 0.826. The lowest BCUT2D eigenvalue weighted by Gasteiger charge is -2.25. The largest absolute Gasteiger partial charge is 0.309 e. The van der Waals surface area contributed by atoms with Crippen molar-refractivity contribution in [1.82, 2.24) is 4.98 Å². The van der Waals surface area contributed by atoms with Crippen LogP contribution < -0.4 is 15.9 Å². The molecule has 52 heavy (non-hydrogen) atoms. The Morgan fingerprint density at radius 1 is 0.385 bits per heavy atom. The van der Waals surface area contributed by atoms with Crippen molar-refractivity contribution < 1.29 is 4.57 Å². The van der Waals surface area contributed by atoms with Crippen molar-refractivity contribution in [2.45, 2.75) is 0 Å². The number of aromatic nitrogens is 1. The van der Waals surface area contributed by atoms with Gasteiger partial charge in [0.25, 0.3) is 0 Å². The highest BCUT2D eigenvalue weighted by molar-refractivity contribution is 7.86. The van der Waals surface area contributed by atoms with Crippen LogP contribution in [0.4, 0.5) is 0 Å². The van der Waals surface area contributed by atoms with E-state index in [0.717, 1.165) is 76.1 Å². The van der Waals surface area contributed by atoms with Crippen molar-refractivity contribution in [3.05, 3.63) is 194 Å². The van der Waals surface area contributed by atoms with E-state index in [2.05, 4.69) is 133 Å². The van der Waals surface area contributed by atoms with Crippen LogP contribution in [0.3, 0.4) is 0 Å². The van der Waals surface area contributed by atoms with Gasteiger partial charge >= 0.3 is 0 Å². The van der Waals surface area contributed by atoms with Crippen LogP contribution in [0.5, 0.6) is 0 Å². The van der Waals surface area contributed by atoms with E-state index < -0.39 is 7.14 Å². The Morgan fingerprint density at radius 3 is 1.50 bits per heavy atom. The lowest BCUT2D eigenvalue weighted by atomic mass is 9.90. The Kier molecular flexibility index (Phi) is 7.13. The zero-order valence-electron chi connectivity index (χ0n) is 28.3. The van der Waals surface area contributed by atoms with Crippen LogP contribution >= 0.6 is 7.14 Å². The maximum Gasteiger partial charge on any atom is 0.172 e. The molecule has 0 aliphatic heterocycles. The molecular weight excluding hydrogens is 650 g/mol. The minimum Gasteiger partial charge on any atom is -0.309 e. The molecule has 0 saturated heterocycles. The number of pyridine rings is 1. The molecule has 9 aromatic carbocycles. The maximum atomic E-state index is 16.1. The fraction of sp³-hybridized carbons (Fsp3) is 0. The fourth-order valence-corrected chi connectivity index (χ4v) is 11.3. The first-order valence-corrected chi connectivity index (χ1v) is 19.4. The van der Waals surface area contributed by atoms with Crippen molar-refractivity contribution >= 4 is 77.0 Å². The van der Waals surface area contributed by atoms with Gasteiger partial charge in [0.05, 0.1) is 11.2 Å². The van der Waals surface area contributed by atoms with Crippen LogP contribution in [0, 0.1) is 0 Å². The molecule has 3 heteroatoms. The van der Waals surface area contributed by atoms with Gasteiger partial charge < -0.3 is 4.57 Å². The topological polar surface area (TPSA) is 30.0 Å². The Labute approximate surface area is 302 Å². The van der Waals surface area contributed by atoms with Crippen LogP contribution in [-0.4, -0.2) is 4.98 Å². The number of hydrogen-bond acceptors (Lipinski definition) is 2. The quantitative estimate of drug-likeness (QED) is 0.103. The zero-order chi connectivity index (χ0) is 34.6. The highest BCUT2D eigenvalue weighted by atomic mass is 31.2. The molecule has 2 nitrogen and oxygen atoms in total. The summed E-state index contributed by atoms with van der Waals surface area (Å²) in [6.07, 6.45) is 0. The van der Waals surface area contributed by atoms with Gasteiger partial charge in [0.1, 0.15) is 0 Å². The summed E-state index contributed by atoms with van der Waals surface area (Å²) in [4.78, 5) is 5.42. The number of fused-ring (bicyclic) bond motifs is 7. The Bertz CT molecular complexity index is 2930. The van der Waals surface area contributed by atoms with E-state index in [0.29, 0.717) is 0 Å². The van der Waals surface area contributed by atoms with Crippen molar-refractivity contribution in [3.63, 3.8) is 0 Å². The summed E-state index contributed by atoms with van der Waals surface area (Å²) < 4.78 is 16.1. The second kappa shape index (κ2) is 12.2. The lowest BCUT2D eigenvalue weighted by Crippen LogP contribution is -2.26. The summed E-state index contributed by atoms with van der Waals surface area (Å²) >= 11 is 0. The molecule has 0 aliphatic rings. The molecule has 244 valence electrons. The molecule has 0 unspecified atom stereocenters. The first kappa shape index (κ1) is 30.5. The molecule has 1 heterocycles. The summed E-state index contributed by atoms with van der Waals surface area (Å²) in [5.74, 6) is 0. The van der Waals surface area contributed by atoms with Crippen LogP contribution in [0.2, 0.25) is 0 Å². The molecule has 0 N–H and O–H groups in total. The van der Waals surface area contributed by atoms with E-state index in [9.17, 15) is 0 Å². The predicted molar refractivity (Wildman–Crippen MR) is 222 cm³/mol. The molecular formula is C49H32NOP. The second-order valence-corrected chi connectivity index (χ2v) is 16.1. The molecule has 0 amide bonds. The van der Waals surface area contributed by atoms with E-state index in [1.165, 1.54) is 16.2 Å². The van der Waals surface area contributed by atoms with Gasteiger partial charge in [-0.3, -0.25) is 0 Å². The fourth-order valence-electron chi connectivity index (χ4n) is 8.19. The van der Waals surface area contributed by atoms with Gasteiger partial charge in [0.2, 0.25) is 0 Å². The van der Waals surface area contributed by atoms with E-state index in [1.54, 1.807) is 0 Å². The lowest BCUT2D eigenvalue weighted by molar-refractivity contribution is 0.593. The summed E-state index contributed by atoms with van der Waals surface area (Å²) in [5, 5.41) is 12.6. The predicted octanol–water partition coefficient (Wildman–Crippen LogP) is 11.8. The van der Waals surface area contributed by atoms with Crippen LogP contribution in [0.1, 0.15) is 0 Å². The first-order chi connectivity index (χ1) is 25.7. The summed E-state index contributed by atoms with van der Waals surface area (Å²) in [7, 11) is -3.32. The average Bonchev–Trinajstić information content (AvgIpc) is 3.22. The molecule has 0 bridgehead atoms. The van der Waals surface area contributed by atoms with E-state index in [1.807, 2.05) is 60.7 Å². The normalized spacial score (nSPS) is 11.9. The summed E-state index contributed by atoms with van der Waals surface area (Å²) in [5.41, 5.74) is 5.20. The molecule has 10 rings (SSSR count). The third-order valence-electron chi connectivity index (χ3n) is 10.5. The van der Waals surface area contributed by atoms with E-state index in [4.69, 9.17) is 4.98 Å². The van der Waals surface area contributed by atoms with Gasteiger partial charge in [-0.2, -0.15) is 0 Å². The maximum absolute atomic E-state index is 16.1. The molecule has 0 fully saturated rings. The van der Waals surface area contributed by atoms with Gasteiger partial charge in [0, 0.05) is 37.6 Å². The van der Waals surface area contributed by atoms with E-state index >= 15 is 4.57 Å². The summed E-state index contributed by atoms with van der Waals surface area (Å²) in [6, 6.07) is 67.2. The van der Waals surface area contributed by atoms with Gasteiger partial charge in [-0.05, 0) is 49.5 Å². The van der Waals surface area contributed by atoms with Crippen molar-refractivity contribution in [3.8, 4) is 22.4 Å². The standard InChI is InChI=1S/C49H32NOP/c51-52(36-19-6-2-7-20-36,37-21-8-3-9-22-37)49-41-26-14-12-24-39(41)46(40-25-13-15-27-42(40)49)35-29-30-43-45(32-35)50-48(34-17-4-1-5-18-34)44-31-28-33-16-10-11-23-38(33)47(43)44/h1-32H. The molecule has 0 spiro atoms. The monoisotopic (exact) mass is 681 g/mol. The SMILES string of the molecule is O=P(c1ccccc1)(c1ccccc1)c1c2ccccc2c(-c2ccc3c(c2)nc(-c2ccccc2)c2ccc4ccccc4c23)c2ccccc12. The van der Waals surface area contributed by atoms with Crippen LogP contribution in [0.15, 0.2) is 194 Å². The highest BCUT2D eigenvalue weighted by Gasteiger charge is 2.34. The first-order valence-electron chi connectivity index (χ1n) is 17.7. The van der Waals surface area contributed by atoms with Gasteiger partial charge in [-0.1, -0.05) is 188 Å². The van der Waals surface area contributed by atoms with Gasteiger partial charge in [0.15, 0.2) is 7.14 Å². The smallest absolute Gasteiger partial charge is 0.172 e. The number of rotatable bonds is 5. The zero-order valence-corrected chi connectivity index (χ0v) is 29.2. The average molecular weight is 682 g/mol. The van der Waals surface area contributed by atoms with Gasteiger partial charge in [-0.25, -0.2) is 4.98 Å². The Hall–Kier alpha value is -6.34. The molecule has 0 atom stereocenters. The second-order valence-electron chi connectivity index (χ2n) is 13.4. The number of hydrogen-bond donors (Lipinski definition) is 0. The van der Waals surface area contributed by atoms with Crippen molar-refractivity contribution in [1.29, 1.82) is 0 Å². The Morgan fingerprint density at radius 2 is 0.885 bits per heavy atom. The third-order valence-corrected chi connectivity index (χ3v) is 13.6. The molecule has 10 aromatic rings. The Balaban J connectivity index is 1.31. The van der Waals surface area contributed by atoms with Gasteiger partial charge in [-0.15, -0.1) is 0 Å². The van der Waals surface area contributed by atoms with Crippen molar-refractivity contribution in [2.75, 3.05) is 0 Å². The number of benzene rings is 9. The van der Waals surface area contributed by atoms with Crippen molar-refractivity contribution in [2.24, 2.45) is 0 Å². The van der Waals surface area contributed by atoms with E-state index in [-0.39, 0.29) is 0 Å². The third kappa shape index (κ3) is 4.65. The molecule has 1 aromatic heterocycles. The van der Waals surface area contributed by atoms with Crippen LogP contribution in [0.25, 0.3) is 76.4 Å². The summed E-state index contributed by atoms with van der Waals surface area (Å²) in [6.45, 7) is 0. The minimum atomic E-state index is -3.32.